The number of anilines is 1. The molecule has 1 aliphatic heterocycles. The Balaban J connectivity index is 1.51. The van der Waals surface area contributed by atoms with E-state index in [1.165, 1.54) is 5.56 Å². The van der Waals surface area contributed by atoms with Gasteiger partial charge in [-0.25, -0.2) is 0 Å². The number of aliphatic hydroxyl groups excluding tert-OH is 1. The Morgan fingerprint density at radius 3 is 2.68 bits per heavy atom. The molecule has 1 spiro atoms. The number of ether oxygens (including phenoxy) is 1. The van der Waals surface area contributed by atoms with Crippen LogP contribution in [0.25, 0.3) is 0 Å². The van der Waals surface area contributed by atoms with Crippen LogP contribution in [-0.4, -0.2) is 54.4 Å². The topological polar surface area (TPSA) is 61.8 Å². The Kier molecular flexibility index (Phi) is 5.46. The molecule has 1 aliphatic carbocycles. The molecular formula is C20H30N2O3. The third-order valence-electron chi connectivity index (χ3n) is 5.92. The molecule has 2 unspecified atom stereocenters. The Morgan fingerprint density at radius 2 is 2.08 bits per heavy atom. The number of hydrogen-bond donors (Lipinski definition) is 2. The van der Waals surface area contributed by atoms with Gasteiger partial charge in [0.1, 0.15) is 0 Å². The minimum Gasteiger partial charge on any atom is -0.392 e. The van der Waals surface area contributed by atoms with Crippen LogP contribution in [0.2, 0.25) is 0 Å². The Bertz CT molecular complexity index is 621. The average Bonchev–Trinajstić information content (AvgIpc) is 2.58. The number of benzene rings is 1. The number of rotatable bonds is 5. The number of likely N-dealkylation sites (tertiary alicyclic amines) is 1. The summed E-state index contributed by atoms with van der Waals surface area (Å²) in [7, 11) is 0. The fraction of sp³-hybridized carbons (Fsp3) is 0.650. The lowest BCUT2D eigenvalue weighted by Gasteiger charge is -2.56. The number of amides is 1. The Morgan fingerprint density at radius 1 is 1.36 bits per heavy atom. The Hall–Kier alpha value is -1.43. The van der Waals surface area contributed by atoms with Crippen LogP contribution in [0.4, 0.5) is 5.69 Å². The number of aryl methyl sites for hydroxylation is 2. The zero-order valence-electron chi connectivity index (χ0n) is 15.5. The highest BCUT2D eigenvalue weighted by molar-refractivity contribution is 5.93. The molecule has 2 aliphatic rings. The molecule has 1 heterocycles. The van der Waals surface area contributed by atoms with E-state index >= 15 is 0 Å². The summed E-state index contributed by atoms with van der Waals surface area (Å²) in [5.41, 5.74) is 3.08. The second kappa shape index (κ2) is 7.44. The standard InChI is InChI=1S/C20H30N2O3/c1-4-25-18-12-17(23)20(18)7-9-22(10-8-20)13-19(24)21-16-6-5-14(2)11-15(16)3/h5-6,11,17-18,23H,4,7-10,12-13H2,1-3H3,(H,21,24). The second-order valence-corrected chi connectivity index (χ2v) is 7.57. The van der Waals surface area contributed by atoms with Crippen molar-refractivity contribution < 1.29 is 14.6 Å². The van der Waals surface area contributed by atoms with Crippen molar-refractivity contribution in [2.45, 2.75) is 52.2 Å². The maximum atomic E-state index is 12.4. The van der Waals surface area contributed by atoms with E-state index in [1.54, 1.807) is 0 Å². The van der Waals surface area contributed by atoms with Gasteiger partial charge in [0.15, 0.2) is 0 Å². The summed E-state index contributed by atoms with van der Waals surface area (Å²) in [6, 6.07) is 6.05. The number of hydrogen-bond acceptors (Lipinski definition) is 4. The van der Waals surface area contributed by atoms with Crippen LogP contribution in [0.1, 0.15) is 37.3 Å². The average molecular weight is 346 g/mol. The zero-order chi connectivity index (χ0) is 18.0. The molecule has 1 aromatic rings. The van der Waals surface area contributed by atoms with E-state index in [2.05, 4.69) is 16.3 Å². The van der Waals surface area contributed by atoms with Crippen molar-refractivity contribution in [2.75, 3.05) is 31.6 Å². The van der Waals surface area contributed by atoms with Gasteiger partial charge in [0.2, 0.25) is 5.91 Å². The maximum absolute atomic E-state index is 12.4. The molecule has 1 saturated heterocycles. The summed E-state index contributed by atoms with van der Waals surface area (Å²) in [5, 5.41) is 13.3. The largest absolute Gasteiger partial charge is 0.392 e. The molecule has 0 aromatic heterocycles. The van der Waals surface area contributed by atoms with Crippen LogP contribution in [0.3, 0.4) is 0 Å². The highest BCUT2D eigenvalue weighted by Gasteiger charge is 2.55. The molecule has 1 saturated carbocycles. The van der Waals surface area contributed by atoms with Gasteiger partial charge in [-0.05, 0) is 58.3 Å². The number of carbonyl (C=O) groups is 1. The summed E-state index contributed by atoms with van der Waals surface area (Å²) in [6.07, 6.45) is 2.47. The van der Waals surface area contributed by atoms with Gasteiger partial charge in [0.05, 0.1) is 18.8 Å². The van der Waals surface area contributed by atoms with Crippen molar-refractivity contribution in [3.05, 3.63) is 29.3 Å². The van der Waals surface area contributed by atoms with Crippen LogP contribution in [-0.2, 0) is 9.53 Å². The van der Waals surface area contributed by atoms with Crippen molar-refractivity contribution in [3.8, 4) is 0 Å². The molecule has 3 rings (SSSR count). The van der Waals surface area contributed by atoms with Crippen molar-refractivity contribution in [1.82, 2.24) is 4.90 Å². The molecule has 5 heteroatoms. The number of aliphatic hydroxyl groups is 1. The van der Waals surface area contributed by atoms with Gasteiger partial charge in [-0.1, -0.05) is 17.7 Å². The van der Waals surface area contributed by atoms with E-state index in [0.29, 0.717) is 13.2 Å². The molecular weight excluding hydrogens is 316 g/mol. The first kappa shape index (κ1) is 18.4. The molecule has 1 aromatic carbocycles. The molecule has 2 fully saturated rings. The highest BCUT2D eigenvalue weighted by Crippen LogP contribution is 2.50. The molecule has 0 bridgehead atoms. The predicted octanol–water partition coefficient (Wildman–Crippen LogP) is 2.49. The van der Waals surface area contributed by atoms with Gasteiger partial charge < -0.3 is 15.2 Å². The predicted molar refractivity (Wildman–Crippen MR) is 98.7 cm³/mol. The smallest absolute Gasteiger partial charge is 0.238 e. The number of piperidine rings is 1. The zero-order valence-corrected chi connectivity index (χ0v) is 15.5. The highest BCUT2D eigenvalue weighted by atomic mass is 16.5. The number of carbonyl (C=O) groups excluding carboxylic acids is 1. The third-order valence-corrected chi connectivity index (χ3v) is 5.92. The lowest BCUT2D eigenvalue weighted by molar-refractivity contribution is -0.209. The van der Waals surface area contributed by atoms with Crippen LogP contribution in [0.15, 0.2) is 18.2 Å². The van der Waals surface area contributed by atoms with Gasteiger partial charge in [-0.15, -0.1) is 0 Å². The molecule has 5 nitrogen and oxygen atoms in total. The van der Waals surface area contributed by atoms with E-state index in [1.807, 2.05) is 32.9 Å². The second-order valence-electron chi connectivity index (χ2n) is 7.57. The Labute approximate surface area is 150 Å². The van der Waals surface area contributed by atoms with E-state index < -0.39 is 0 Å². The van der Waals surface area contributed by atoms with E-state index in [4.69, 9.17) is 4.74 Å². The van der Waals surface area contributed by atoms with E-state index in [0.717, 1.165) is 43.6 Å². The van der Waals surface area contributed by atoms with Crippen molar-refractivity contribution in [1.29, 1.82) is 0 Å². The fourth-order valence-electron chi connectivity index (χ4n) is 4.29. The monoisotopic (exact) mass is 346 g/mol. The van der Waals surface area contributed by atoms with Crippen LogP contribution >= 0.6 is 0 Å². The van der Waals surface area contributed by atoms with Gasteiger partial charge in [0, 0.05) is 24.1 Å². The quantitative estimate of drug-likeness (QED) is 0.860. The first-order valence-corrected chi connectivity index (χ1v) is 9.34. The minimum atomic E-state index is -0.254. The summed E-state index contributed by atoms with van der Waals surface area (Å²) >= 11 is 0. The van der Waals surface area contributed by atoms with Crippen LogP contribution in [0.5, 0.6) is 0 Å². The first-order valence-electron chi connectivity index (χ1n) is 9.34. The van der Waals surface area contributed by atoms with Crippen molar-refractivity contribution in [3.63, 3.8) is 0 Å². The summed E-state index contributed by atoms with van der Waals surface area (Å²) in [6.45, 7) is 8.83. The van der Waals surface area contributed by atoms with Crippen LogP contribution < -0.4 is 5.32 Å². The third kappa shape index (κ3) is 3.73. The van der Waals surface area contributed by atoms with Gasteiger partial charge in [-0.2, -0.15) is 0 Å². The summed E-state index contributed by atoms with van der Waals surface area (Å²) < 4.78 is 5.80. The van der Waals surface area contributed by atoms with Crippen LogP contribution in [0, 0.1) is 19.3 Å². The van der Waals surface area contributed by atoms with Gasteiger partial charge in [-0.3, -0.25) is 9.69 Å². The summed E-state index contributed by atoms with van der Waals surface area (Å²) in [4.78, 5) is 14.5. The molecule has 2 atom stereocenters. The molecule has 2 N–H and O–H groups in total. The van der Waals surface area contributed by atoms with Crippen molar-refractivity contribution in [2.24, 2.45) is 5.41 Å². The molecule has 0 radical (unpaired) electrons. The number of nitrogens with zero attached hydrogens (tertiary/aromatic N) is 1. The summed E-state index contributed by atoms with van der Waals surface area (Å²) in [5.74, 6) is 0.0263. The lowest BCUT2D eigenvalue weighted by atomic mass is 9.58. The van der Waals surface area contributed by atoms with E-state index in [9.17, 15) is 9.90 Å². The van der Waals surface area contributed by atoms with Gasteiger partial charge in [0.25, 0.3) is 0 Å². The molecule has 1 amide bonds. The lowest BCUT2D eigenvalue weighted by Crippen LogP contribution is -2.62. The SMILES string of the molecule is CCOC1CC(O)C12CCN(CC(=O)Nc1ccc(C)cc1C)CC2. The number of nitrogens with one attached hydrogen (secondary N) is 1. The first-order chi connectivity index (χ1) is 11.9. The molecule has 25 heavy (non-hydrogen) atoms. The molecule has 138 valence electrons. The van der Waals surface area contributed by atoms with Crippen molar-refractivity contribution >= 4 is 11.6 Å². The minimum absolute atomic E-state index is 0.0263. The maximum Gasteiger partial charge on any atom is 0.238 e. The van der Waals surface area contributed by atoms with Gasteiger partial charge >= 0.3 is 0 Å². The normalized spacial score (nSPS) is 25.6. The fourth-order valence-corrected chi connectivity index (χ4v) is 4.29. The van der Waals surface area contributed by atoms with E-state index in [-0.39, 0.29) is 23.5 Å².